The normalized spacial score (nSPS) is 24.6. The van der Waals surface area contributed by atoms with Crippen molar-refractivity contribution in [3.8, 4) is 5.75 Å². The summed E-state index contributed by atoms with van der Waals surface area (Å²) in [4.78, 5) is 43.8. The SMILES string of the molecule is CO[C@@H]1CN(C)C(=O)c2cc(NC(C)=O)ccc2OC[C@@H](C)N(C(=O)CN2CCOCC2)C[C@H]1C. The molecule has 1 saturated heterocycles. The second kappa shape index (κ2) is 12.3. The van der Waals surface area contributed by atoms with Crippen LogP contribution >= 0.6 is 0 Å². The highest BCUT2D eigenvalue weighted by atomic mass is 16.5. The first-order chi connectivity index (χ1) is 16.7. The fraction of sp³-hybridized carbons (Fsp3) is 0.640. The summed E-state index contributed by atoms with van der Waals surface area (Å²) in [5.74, 6) is -0.0274. The van der Waals surface area contributed by atoms with Gasteiger partial charge in [0.25, 0.3) is 5.91 Å². The lowest BCUT2D eigenvalue weighted by Gasteiger charge is -2.37. The van der Waals surface area contributed by atoms with Gasteiger partial charge in [0.2, 0.25) is 11.8 Å². The fourth-order valence-corrected chi connectivity index (χ4v) is 4.45. The molecule has 10 heteroatoms. The Hall–Kier alpha value is -2.69. The fourth-order valence-electron chi connectivity index (χ4n) is 4.45. The number of carbonyl (C=O) groups is 3. The molecule has 3 atom stereocenters. The molecule has 3 rings (SSSR count). The van der Waals surface area contributed by atoms with Crippen LogP contribution < -0.4 is 10.1 Å². The summed E-state index contributed by atoms with van der Waals surface area (Å²) in [7, 11) is 3.34. The third kappa shape index (κ3) is 7.16. The number of hydrogen-bond acceptors (Lipinski definition) is 7. The van der Waals surface area contributed by atoms with Crippen LogP contribution in [0.25, 0.3) is 0 Å². The van der Waals surface area contributed by atoms with Crippen LogP contribution in [0.15, 0.2) is 18.2 Å². The molecule has 10 nitrogen and oxygen atoms in total. The maximum atomic E-state index is 13.4. The van der Waals surface area contributed by atoms with Crippen LogP contribution in [0.1, 0.15) is 31.1 Å². The van der Waals surface area contributed by atoms with Crippen molar-refractivity contribution in [2.75, 3.05) is 72.0 Å². The van der Waals surface area contributed by atoms with Crippen LogP contribution in [0.2, 0.25) is 0 Å². The molecule has 0 bridgehead atoms. The Morgan fingerprint density at radius 1 is 1.17 bits per heavy atom. The molecule has 0 saturated carbocycles. The van der Waals surface area contributed by atoms with E-state index >= 15 is 0 Å². The molecule has 194 valence electrons. The number of benzene rings is 1. The van der Waals surface area contributed by atoms with E-state index in [0.717, 1.165) is 13.1 Å². The molecule has 0 aromatic heterocycles. The molecule has 3 amide bonds. The molecular formula is C25H38N4O6. The van der Waals surface area contributed by atoms with Gasteiger partial charge in [-0.05, 0) is 25.1 Å². The number of carbonyl (C=O) groups excluding carboxylic acids is 3. The highest BCUT2D eigenvalue weighted by molar-refractivity contribution is 5.99. The molecule has 1 fully saturated rings. The first kappa shape index (κ1) is 26.9. The number of nitrogens with zero attached hydrogens (tertiary/aromatic N) is 3. The predicted molar refractivity (Wildman–Crippen MR) is 132 cm³/mol. The van der Waals surface area contributed by atoms with E-state index in [9.17, 15) is 14.4 Å². The van der Waals surface area contributed by atoms with Crippen molar-refractivity contribution in [3.05, 3.63) is 23.8 Å². The zero-order valence-electron chi connectivity index (χ0n) is 21.4. The monoisotopic (exact) mass is 490 g/mol. The van der Waals surface area contributed by atoms with Gasteiger partial charge < -0.3 is 29.3 Å². The molecule has 1 aromatic carbocycles. The summed E-state index contributed by atoms with van der Waals surface area (Å²) in [5.41, 5.74) is 0.862. The Morgan fingerprint density at radius 2 is 1.89 bits per heavy atom. The summed E-state index contributed by atoms with van der Waals surface area (Å²) in [5, 5.41) is 2.72. The third-order valence-electron chi connectivity index (χ3n) is 6.55. The Kier molecular flexibility index (Phi) is 9.47. The van der Waals surface area contributed by atoms with Gasteiger partial charge in [0.1, 0.15) is 12.4 Å². The van der Waals surface area contributed by atoms with Gasteiger partial charge in [-0.15, -0.1) is 0 Å². The quantitative estimate of drug-likeness (QED) is 0.679. The average molecular weight is 491 g/mol. The number of methoxy groups -OCH3 is 1. The Labute approximate surface area is 207 Å². The third-order valence-corrected chi connectivity index (χ3v) is 6.55. The molecule has 0 aliphatic carbocycles. The average Bonchev–Trinajstić information content (AvgIpc) is 2.83. The smallest absolute Gasteiger partial charge is 0.257 e. The summed E-state index contributed by atoms with van der Waals surface area (Å²) in [6.45, 7) is 9.52. The molecule has 35 heavy (non-hydrogen) atoms. The van der Waals surface area contributed by atoms with Crippen molar-refractivity contribution in [2.45, 2.75) is 32.9 Å². The van der Waals surface area contributed by atoms with Crippen LogP contribution in [0.5, 0.6) is 5.75 Å². The Bertz CT molecular complexity index is 904. The lowest BCUT2D eigenvalue weighted by atomic mass is 10.0. The molecule has 1 aromatic rings. The highest BCUT2D eigenvalue weighted by Crippen LogP contribution is 2.26. The predicted octanol–water partition coefficient (Wildman–Crippen LogP) is 1.31. The number of amides is 3. The number of rotatable bonds is 4. The van der Waals surface area contributed by atoms with E-state index in [1.807, 2.05) is 18.7 Å². The summed E-state index contributed by atoms with van der Waals surface area (Å²) >= 11 is 0. The van der Waals surface area contributed by atoms with Crippen molar-refractivity contribution in [2.24, 2.45) is 5.92 Å². The van der Waals surface area contributed by atoms with Crippen LogP contribution in [-0.4, -0.2) is 111 Å². The topological polar surface area (TPSA) is 101 Å². The van der Waals surface area contributed by atoms with E-state index in [2.05, 4.69) is 10.2 Å². The number of fused-ring (bicyclic) bond motifs is 1. The van der Waals surface area contributed by atoms with E-state index in [1.54, 1.807) is 37.3 Å². The number of nitrogens with one attached hydrogen (secondary N) is 1. The summed E-state index contributed by atoms with van der Waals surface area (Å²) < 4.78 is 17.3. The van der Waals surface area contributed by atoms with Crippen molar-refractivity contribution >= 4 is 23.4 Å². The van der Waals surface area contributed by atoms with E-state index in [4.69, 9.17) is 14.2 Å². The first-order valence-electron chi connectivity index (χ1n) is 12.1. The molecule has 2 aliphatic heterocycles. The number of morpholine rings is 1. The second-order valence-electron chi connectivity index (χ2n) is 9.42. The number of ether oxygens (including phenoxy) is 3. The zero-order chi connectivity index (χ0) is 25.5. The highest BCUT2D eigenvalue weighted by Gasteiger charge is 2.31. The minimum Gasteiger partial charge on any atom is -0.491 e. The first-order valence-corrected chi connectivity index (χ1v) is 12.1. The van der Waals surface area contributed by atoms with Crippen molar-refractivity contribution < 1.29 is 28.6 Å². The molecule has 0 radical (unpaired) electrons. The molecule has 1 N–H and O–H groups in total. The minimum absolute atomic E-state index is 0.0176. The van der Waals surface area contributed by atoms with Gasteiger partial charge >= 0.3 is 0 Å². The Morgan fingerprint density at radius 3 is 2.54 bits per heavy atom. The molecule has 2 heterocycles. The standard InChI is InChI=1S/C25H38N4O6/c1-17-13-29(24(31)15-28-8-10-34-11-9-28)18(2)16-35-22-7-6-20(26-19(3)30)12-21(22)25(32)27(4)14-23(17)33-5/h6-7,12,17-18,23H,8-11,13-16H2,1-5H3,(H,26,30)/t17-,18-,23-/m1/s1. The zero-order valence-corrected chi connectivity index (χ0v) is 21.4. The minimum atomic E-state index is -0.267. The Balaban J connectivity index is 1.89. The van der Waals surface area contributed by atoms with Gasteiger partial charge in [-0.1, -0.05) is 6.92 Å². The van der Waals surface area contributed by atoms with Crippen molar-refractivity contribution in [1.29, 1.82) is 0 Å². The van der Waals surface area contributed by atoms with Gasteiger partial charge in [0.15, 0.2) is 0 Å². The maximum absolute atomic E-state index is 13.4. The van der Waals surface area contributed by atoms with E-state index in [1.165, 1.54) is 6.92 Å². The lowest BCUT2D eigenvalue weighted by molar-refractivity contribution is -0.137. The summed E-state index contributed by atoms with van der Waals surface area (Å²) in [6.07, 6.45) is -0.267. The molecule has 2 aliphatic rings. The molecule has 0 unspecified atom stereocenters. The number of anilines is 1. The van der Waals surface area contributed by atoms with Crippen molar-refractivity contribution in [3.63, 3.8) is 0 Å². The van der Waals surface area contributed by atoms with Gasteiger partial charge in [0.05, 0.1) is 37.5 Å². The largest absolute Gasteiger partial charge is 0.491 e. The van der Waals surface area contributed by atoms with Gasteiger partial charge in [-0.3, -0.25) is 19.3 Å². The summed E-state index contributed by atoms with van der Waals surface area (Å²) in [6, 6.07) is 4.78. The van der Waals surface area contributed by atoms with E-state index < -0.39 is 0 Å². The van der Waals surface area contributed by atoms with E-state index in [-0.39, 0.29) is 42.4 Å². The van der Waals surface area contributed by atoms with Gasteiger partial charge in [-0.2, -0.15) is 0 Å². The number of hydrogen-bond donors (Lipinski definition) is 1. The van der Waals surface area contributed by atoms with Crippen LogP contribution in [0, 0.1) is 5.92 Å². The van der Waals surface area contributed by atoms with E-state index in [0.29, 0.717) is 49.8 Å². The number of likely N-dealkylation sites (N-methyl/N-ethyl adjacent to an activating group) is 1. The second-order valence-corrected chi connectivity index (χ2v) is 9.42. The van der Waals surface area contributed by atoms with Gasteiger partial charge in [0, 0.05) is 58.9 Å². The molecule has 0 spiro atoms. The van der Waals surface area contributed by atoms with Crippen LogP contribution in [0.4, 0.5) is 5.69 Å². The maximum Gasteiger partial charge on any atom is 0.257 e. The van der Waals surface area contributed by atoms with Crippen LogP contribution in [0.3, 0.4) is 0 Å². The lowest BCUT2D eigenvalue weighted by Crippen LogP contribution is -2.52. The molecular weight excluding hydrogens is 452 g/mol. The van der Waals surface area contributed by atoms with Crippen molar-refractivity contribution in [1.82, 2.24) is 14.7 Å². The van der Waals surface area contributed by atoms with Crippen LogP contribution in [-0.2, 0) is 19.1 Å². The van der Waals surface area contributed by atoms with Gasteiger partial charge in [-0.25, -0.2) is 0 Å².